The molecule has 180 valence electrons. The van der Waals surface area contributed by atoms with Crippen LogP contribution in [-0.4, -0.2) is 43.5 Å². The van der Waals surface area contributed by atoms with E-state index in [1.165, 1.54) is 0 Å². The van der Waals surface area contributed by atoms with Gasteiger partial charge in [0.05, 0.1) is 18.8 Å². The molecule has 1 atom stereocenters. The molecule has 2 N–H and O–H groups in total. The van der Waals surface area contributed by atoms with Crippen LogP contribution in [0.15, 0.2) is 78.9 Å². The zero-order valence-corrected chi connectivity index (χ0v) is 19.4. The molecule has 8 heteroatoms. The second-order valence-corrected chi connectivity index (χ2v) is 8.04. The van der Waals surface area contributed by atoms with Gasteiger partial charge in [-0.15, -0.1) is 0 Å². The lowest BCUT2D eigenvalue weighted by atomic mass is 10.1. The first-order valence-corrected chi connectivity index (χ1v) is 11.4. The molecule has 4 rings (SSSR count). The van der Waals surface area contributed by atoms with E-state index in [-0.39, 0.29) is 24.3 Å². The Hall–Kier alpha value is -4.33. The van der Waals surface area contributed by atoms with Crippen LogP contribution in [0.2, 0.25) is 0 Å². The lowest BCUT2D eigenvalue weighted by Gasteiger charge is -2.33. The maximum absolute atomic E-state index is 12.8. The lowest BCUT2D eigenvalue weighted by molar-refractivity contribution is -0.125. The average Bonchev–Trinajstić information content (AvgIpc) is 2.88. The number of benzene rings is 3. The van der Waals surface area contributed by atoms with Gasteiger partial charge in [-0.1, -0.05) is 36.4 Å². The van der Waals surface area contributed by atoms with Gasteiger partial charge in [0, 0.05) is 17.8 Å². The predicted molar refractivity (Wildman–Crippen MR) is 133 cm³/mol. The summed E-state index contributed by atoms with van der Waals surface area (Å²) in [6.45, 7) is 2.43. The number of ether oxygens (including phenoxy) is 2. The number of hydrogen-bond donors (Lipinski definition) is 2. The van der Waals surface area contributed by atoms with E-state index >= 15 is 0 Å². The minimum Gasteiger partial charge on any atom is -0.494 e. The Morgan fingerprint density at radius 1 is 1.00 bits per heavy atom. The number of para-hydroxylation sites is 1. The number of nitrogens with one attached hydrogen (secondary N) is 2. The van der Waals surface area contributed by atoms with Crippen molar-refractivity contribution in [3.8, 4) is 11.5 Å². The minimum atomic E-state index is -0.605. The molecule has 1 unspecified atom stereocenters. The van der Waals surface area contributed by atoms with E-state index in [4.69, 9.17) is 9.47 Å². The SMILES string of the molecule is CC1Oc2ccc(NC(=O)CNC(=O)c3ccccc3)cc2N(CCCOc2ccccc2)C1=O. The predicted octanol–water partition coefficient (Wildman–Crippen LogP) is 3.64. The van der Waals surface area contributed by atoms with Crippen molar-refractivity contribution in [3.05, 3.63) is 84.4 Å². The summed E-state index contributed by atoms with van der Waals surface area (Å²) in [4.78, 5) is 39.0. The Labute approximate surface area is 203 Å². The van der Waals surface area contributed by atoms with Crippen molar-refractivity contribution in [1.29, 1.82) is 0 Å². The van der Waals surface area contributed by atoms with Crippen LogP contribution in [0.1, 0.15) is 23.7 Å². The molecular weight excluding hydrogens is 446 g/mol. The molecular formula is C27H27N3O5. The molecule has 0 spiro atoms. The van der Waals surface area contributed by atoms with E-state index in [1.807, 2.05) is 36.4 Å². The second-order valence-electron chi connectivity index (χ2n) is 8.04. The van der Waals surface area contributed by atoms with Crippen molar-refractivity contribution < 1.29 is 23.9 Å². The van der Waals surface area contributed by atoms with Gasteiger partial charge in [-0.3, -0.25) is 14.4 Å². The summed E-state index contributed by atoms with van der Waals surface area (Å²) in [5.74, 6) is 0.475. The molecule has 0 aliphatic carbocycles. The van der Waals surface area contributed by atoms with Crippen molar-refractivity contribution in [1.82, 2.24) is 5.32 Å². The van der Waals surface area contributed by atoms with Crippen LogP contribution in [0.4, 0.5) is 11.4 Å². The first kappa shape index (κ1) is 23.8. The van der Waals surface area contributed by atoms with Crippen molar-refractivity contribution in [2.24, 2.45) is 0 Å². The summed E-state index contributed by atoms with van der Waals surface area (Å²) in [7, 11) is 0. The first-order valence-electron chi connectivity index (χ1n) is 11.4. The monoisotopic (exact) mass is 473 g/mol. The number of rotatable bonds is 9. The van der Waals surface area contributed by atoms with Gasteiger partial charge in [0.2, 0.25) is 5.91 Å². The molecule has 0 radical (unpaired) electrons. The smallest absolute Gasteiger partial charge is 0.267 e. The van der Waals surface area contributed by atoms with E-state index in [0.717, 1.165) is 5.75 Å². The van der Waals surface area contributed by atoms with E-state index in [9.17, 15) is 14.4 Å². The van der Waals surface area contributed by atoms with Gasteiger partial charge >= 0.3 is 0 Å². The quantitative estimate of drug-likeness (QED) is 0.463. The Morgan fingerprint density at radius 3 is 2.46 bits per heavy atom. The first-order chi connectivity index (χ1) is 17.0. The third-order valence-electron chi connectivity index (χ3n) is 5.43. The van der Waals surface area contributed by atoms with Crippen molar-refractivity contribution in [2.45, 2.75) is 19.4 Å². The molecule has 3 aromatic carbocycles. The van der Waals surface area contributed by atoms with Gasteiger partial charge in [0.15, 0.2) is 6.10 Å². The molecule has 35 heavy (non-hydrogen) atoms. The number of carbonyl (C=O) groups is 3. The van der Waals surface area contributed by atoms with Gasteiger partial charge in [0.1, 0.15) is 11.5 Å². The van der Waals surface area contributed by atoms with Crippen molar-refractivity contribution in [2.75, 3.05) is 29.9 Å². The van der Waals surface area contributed by atoms with Crippen molar-refractivity contribution >= 4 is 29.1 Å². The van der Waals surface area contributed by atoms with Crippen LogP contribution in [-0.2, 0) is 9.59 Å². The lowest BCUT2D eigenvalue weighted by Crippen LogP contribution is -2.45. The highest BCUT2D eigenvalue weighted by Gasteiger charge is 2.31. The number of fused-ring (bicyclic) bond motifs is 1. The summed E-state index contributed by atoms with van der Waals surface area (Å²) < 4.78 is 11.5. The maximum atomic E-state index is 12.8. The van der Waals surface area contributed by atoms with E-state index in [1.54, 1.807) is 54.3 Å². The van der Waals surface area contributed by atoms with Crippen LogP contribution in [0.25, 0.3) is 0 Å². The third-order valence-corrected chi connectivity index (χ3v) is 5.43. The van der Waals surface area contributed by atoms with Crippen LogP contribution >= 0.6 is 0 Å². The van der Waals surface area contributed by atoms with Gasteiger partial charge in [0.25, 0.3) is 11.8 Å². The van der Waals surface area contributed by atoms with Gasteiger partial charge < -0.3 is 25.0 Å². The average molecular weight is 474 g/mol. The summed E-state index contributed by atoms with van der Waals surface area (Å²) in [5.41, 5.74) is 1.56. The zero-order chi connectivity index (χ0) is 24.6. The third kappa shape index (κ3) is 6.17. The van der Waals surface area contributed by atoms with Crippen LogP contribution < -0.4 is 25.0 Å². The second kappa shape index (κ2) is 11.2. The number of hydrogen-bond acceptors (Lipinski definition) is 5. The highest BCUT2D eigenvalue weighted by Crippen LogP contribution is 2.36. The number of nitrogens with zero attached hydrogens (tertiary/aromatic N) is 1. The van der Waals surface area contributed by atoms with E-state index in [0.29, 0.717) is 42.3 Å². The van der Waals surface area contributed by atoms with Gasteiger partial charge in [-0.2, -0.15) is 0 Å². The van der Waals surface area contributed by atoms with Crippen LogP contribution in [0.5, 0.6) is 11.5 Å². The minimum absolute atomic E-state index is 0.157. The Kier molecular flexibility index (Phi) is 7.62. The molecule has 3 aromatic rings. The molecule has 0 aromatic heterocycles. The summed E-state index contributed by atoms with van der Waals surface area (Å²) in [6.07, 6.45) is 0.0146. The summed E-state index contributed by atoms with van der Waals surface area (Å²) in [5, 5.41) is 5.36. The largest absolute Gasteiger partial charge is 0.494 e. The molecule has 3 amide bonds. The highest BCUT2D eigenvalue weighted by molar-refractivity contribution is 6.02. The van der Waals surface area contributed by atoms with Crippen molar-refractivity contribution in [3.63, 3.8) is 0 Å². The fourth-order valence-electron chi connectivity index (χ4n) is 3.70. The van der Waals surface area contributed by atoms with Crippen LogP contribution in [0, 0.1) is 0 Å². The molecule has 1 heterocycles. The normalized spacial score (nSPS) is 14.5. The van der Waals surface area contributed by atoms with E-state index in [2.05, 4.69) is 10.6 Å². The molecule has 1 aliphatic rings. The maximum Gasteiger partial charge on any atom is 0.267 e. The topological polar surface area (TPSA) is 97.0 Å². The van der Waals surface area contributed by atoms with Gasteiger partial charge in [-0.05, 0) is 55.8 Å². The molecule has 0 fully saturated rings. The molecule has 0 bridgehead atoms. The Balaban J connectivity index is 1.36. The number of anilines is 2. The molecule has 1 aliphatic heterocycles. The molecule has 8 nitrogen and oxygen atoms in total. The Bertz CT molecular complexity index is 1180. The van der Waals surface area contributed by atoms with E-state index < -0.39 is 6.10 Å². The number of amides is 3. The zero-order valence-electron chi connectivity index (χ0n) is 19.4. The fourth-order valence-corrected chi connectivity index (χ4v) is 3.70. The standard InChI is InChI=1S/C27H27N3O5/c1-19-27(33)30(15-8-16-34-22-11-6-3-7-12-22)23-17-21(13-14-24(23)35-19)29-25(31)18-28-26(32)20-9-4-2-5-10-20/h2-7,9-14,17,19H,8,15-16,18H2,1H3,(H,28,32)(H,29,31). The van der Waals surface area contributed by atoms with Gasteiger partial charge in [-0.25, -0.2) is 0 Å². The number of carbonyl (C=O) groups excluding carboxylic acids is 3. The highest BCUT2D eigenvalue weighted by atomic mass is 16.5. The molecule has 0 saturated carbocycles. The Morgan fingerprint density at radius 2 is 1.71 bits per heavy atom. The fraction of sp³-hybridized carbons (Fsp3) is 0.222. The summed E-state index contributed by atoms with van der Waals surface area (Å²) >= 11 is 0. The summed E-state index contributed by atoms with van der Waals surface area (Å²) in [6, 6.07) is 23.3. The van der Waals surface area contributed by atoms with Crippen LogP contribution in [0.3, 0.4) is 0 Å². The molecule has 0 saturated heterocycles.